The second-order valence-electron chi connectivity index (χ2n) is 9.06. The number of hydrogen-bond acceptors (Lipinski definition) is 5. The van der Waals surface area contributed by atoms with Crippen molar-refractivity contribution in [2.75, 3.05) is 0 Å². The van der Waals surface area contributed by atoms with Gasteiger partial charge in [0.25, 0.3) is 0 Å². The zero-order valence-corrected chi connectivity index (χ0v) is 19.0. The van der Waals surface area contributed by atoms with E-state index in [1.807, 2.05) is 18.2 Å². The Bertz CT molecular complexity index is 916. The van der Waals surface area contributed by atoms with Crippen LogP contribution in [0.2, 0.25) is 0 Å². The van der Waals surface area contributed by atoms with E-state index in [0.29, 0.717) is 5.75 Å². The third-order valence-corrected chi connectivity index (χ3v) is 6.71. The highest BCUT2D eigenvalue weighted by Gasteiger charge is 2.29. The van der Waals surface area contributed by atoms with Crippen LogP contribution in [0.1, 0.15) is 58.2 Å². The largest absolute Gasteiger partial charge is 0.508 e. The fourth-order valence-electron chi connectivity index (χ4n) is 3.13. The van der Waals surface area contributed by atoms with E-state index in [-0.39, 0.29) is 10.8 Å². The Morgan fingerprint density at radius 2 is 1.46 bits per heavy atom. The molecule has 1 aromatic heterocycles. The van der Waals surface area contributed by atoms with Crippen molar-refractivity contribution in [3.05, 3.63) is 59.2 Å². The van der Waals surface area contributed by atoms with Gasteiger partial charge in [0, 0.05) is 11.3 Å². The normalized spacial score (nSPS) is 12.4. The molecule has 0 radical (unpaired) electrons. The molecule has 3 nitrogen and oxygen atoms in total. The van der Waals surface area contributed by atoms with Gasteiger partial charge in [0.05, 0.1) is 0 Å². The van der Waals surface area contributed by atoms with Crippen LogP contribution in [-0.2, 0) is 16.6 Å². The zero-order valence-electron chi connectivity index (χ0n) is 17.4. The van der Waals surface area contributed by atoms with Gasteiger partial charge in [-0.3, -0.25) is 0 Å². The molecule has 0 aliphatic carbocycles. The second kappa shape index (κ2) is 7.88. The van der Waals surface area contributed by atoms with E-state index in [2.05, 4.69) is 76.0 Å². The molecule has 5 heteroatoms. The molecule has 0 fully saturated rings. The number of aromatic nitrogens is 2. The van der Waals surface area contributed by atoms with Crippen molar-refractivity contribution in [2.45, 2.75) is 62.5 Å². The Kier molecular flexibility index (Phi) is 5.87. The molecule has 1 heterocycles. The van der Waals surface area contributed by atoms with Crippen molar-refractivity contribution in [1.82, 2.24) is 10.2 Å². The fourth-order valence-corrected chi connectivity index (χ4v) is 5.01. The van der Waals surface area contributed by atoms with Gasteiger partial charge in [0.15, 0.2) is 4.34 Å². The highest BCUT2D eigenvalue weighted by Crippen LogP contribution is 2.44. The van der Waals surface area contributed by atoms with E-state index in [1.54, 1.807) is 23.1 Å². The maximum atomic E-state index is 10.4. The molecule has 3 aromatic rings. The number of phenolic OH excluding ortho intramolecular Hbond substituents is 1. The number of thioether (sulfide) groups is 1. The van der Waals surface area contributed by atoms with Crippen molar-refractivity contribution in [3.63, 3.8) is 0 Å². The molecule has 0 aliphatic rings. The Morgan fingerprint density at radius 3 is 2.00 bits per heavy atom. The monoisotopic (exact) mass is 412 g/mol. The molecule has 0 saturated carbocycles. The summed E-state index contributed by atoms with van der Waals surface area (Å²) >= 11 is 3.35. The fraction of sp³-hybridized carbons (Fsp3) is 0.391. The molecular weight excluding hydrogens is 384 g/mol. The van der Waals surface area contributed by atoms with E-state index in [9.17, 15) is 5.11 Å². The van der Waals surface area contributed by atoms with Crippen molar-refractivity contribution >= 4 is 23.1 Å². The van der Waals surface area contributed by atoms with Gasteiger partial charge in [-0.1, -0.05) is 95.0 Å². The van der Waals surface area contributed by atoms with Crippen LogP contribution >= 0.6 is 23.1 Å². The number of phenols is 1. The number of hydrogen-bond donors (Lipinski definition) is 1. The molecule has 0 atom stereocenters. The molecule has 0 saturated heterocycles. The maximum Gasteiger partial charge on any atom is 0.174 e. The van der Waals surface area contributed by atoms with Gasteiger partial charge in [0.2, 0.25) is 0 Å². The van der Waals surface area contributed by atoms with E-state index in [0.717, 1.165) is 31.8 Å². The number of rotatable bonds is 4. The van der Waals surface area contributed by atoms with Crippen LogP contribution < -0.4 is 0 Å². The highest BCUT2D eigenvalue weighted by atomic mass is 32.2. The predicted octanol–water partition coefficient (Wildman–Crippen LogP) is 6.80. The number of nitrogens with zero attached hydrogens (tertiary/aromatic N) is 2. The van der Waals surface area contributed by atoms with Crippen LogP contribution in [0.15, 0.2) is 46.8 Å². The summed E-state index contributed by atoms with van der Waals surface area (Å²) < 4.78 is 0.964. The van der Waals surface area contributed by atoms with Crippen LogP contribution in [-0.4, -0.2) is 15.3 Å². The molecule has 0 aliphatic heterocycles. The van der Waals surface area contributed by atoms with Gasteiger partial charge in [-0.15, -0.1) is 10.2 Å². The molecule has 28 heavy (non-hydrogen) atoms. The summed E-state index contributed by atoms with van der Waals surface area (Å²) in [5, 5.41) is 20.3. The molecule has 3 rings (SSSR count). The molecule has 0 amide bonds. The molecule has 0 spiro atoms. The van der Waals surface area contributed by atoms with Gasteiger partial charge in [-0.05, 0) is 39.7 Å². The minimum absolute atomic E-state index is 0.114. The molecule has 2 aromatic carbocycles. The van der Waals surface area contributed by atoms with E-state index < -0.39 is 0 Å². The SMILES string of the molecule is CC(C)(C)c1cc(O)cc(C(C)(C)C)c1-c1nnc(SCc2ccccc2)s1. The lowest BCUT2D eigenvalue weighted by Crippen LogP contribution is -2.19. The van der Waals surface area contributed by atoms with Crippen molar-refractivity contribution in [1.29, 1.82) is 0 Å². The zero-order chi connectivity index (χ0) is 20.5. The van der Waals surface area contributed by atoms with E-state index >= 15 is 0 Å². The van der Waals surface area contributed by atoms with Crippen LogP contribution in [0.5, 0.6) is 5.75 Å². The van der Waals surface area contributed by atoms with Gasteiger partial charge >= 0.3 is 0 Å². The number of benzene rings is 2. The van der Waals surface area contributed by atoms with Crippen LogP contribution in [0.4, 0.5) is 0 Å². The summed E-state index contributed by atoms with van der Waals surface area (Å²) in [5.74, 6) is 1.19. The average molecular weight is 413 g/mol. The van der Waals surface area contributed by atoms with Gasteiger partial charge in [-0.25, -0.2) is 0 Å². The summed E-state index contributed by atoms with van der Waals surface area (Å²) in [7, 11) is 0. The molecule has 148 valence electrons. The Morgan fingerprint density at radius 1 is 0.893 bits per heavy atom. The third-order valence-electron chi connectivity index (χ3n) is 4.56. The first kappa shape index (κ1) is 20.9. The van der Waals surface area contributed by atoms with Crippen molar-refractivity contribution in [2.24, 2.45) is 0 Å². The van der Waals surface area contributed by atoms with Gasteiger partial charge < -0.3 is 5.11 Å². The van der Waals surface area contributed by atoms with Crippen molar-refractivity contribution < 1.29 is 5.11 Å². The third kappa shape index (κ3) is 4.76. The summed E-state index contributed by atoms with van der Waals surface area (Å²) in [6, 6.07) is 14.2. The van der Waals surface area contributed by atoms with Crippen molar-refractivity contribution in [3.8, 4) is 16.3 Å². The first-order chi connectivity index (χ1) is 13.1. The lowest BCUT2D eigenvalue weighted by Gasteiger charge is -2.29. The quantitative estimate of drug-likeness (QED) is 0.479. The predicted molar refractivity (Wildman–Crippen MR) is 120 cm³/mol. The molecule has 1 N–H and O–H groups in total. The molecular formula is C23H28N2OS2. The van der Waals surface area contributed by atoms with E-state index in [1.165, 1.54) is 5.56 Å². The first-order valence-electron chi connectivity index (χ1n) is 9.44. The first-order valence-corrected chi connectivity index (χ1v) is 11.2. The lowest BCUT2D eigenvalue weighted by atomic mass is 9.76. The lowest BCUT2D eigenvalue weighted by molar-refractivity contribution is 0.466. The van der Waals surface area contributed by atoms with Crippen LogP contribution in [0, 0.1) is 0 Å². The maximum absolute atomic E-state index is 10.4. The second-order valence-corrected chi connectivity index (χ2v) is 11.3. The smallest absolute Gasteiger partial charge is 0.174 e. The van der Waals surface area contributed by atoms with Gasteiger partial charge in [-0.2, -0.15) is 0 Å². The topological polar surface area (TPSA) is 46.0 Å². The summed E-state index contributed by atoms with van der Waals surface area (Å²) in [4.78, 5) is 0. The van der Waals surface area contributed by atoms with Crippen LogP contribution in [0.3, 0.4) is 0 Å². The average Bonchev–Trinajstić information content (AvgIpc) is 3.07. The minimum Gasteiger partial charge on any atom is -0.508 e. The molecule has 0 bridgehead atoms. The van der Waals surface area contributed by atoms with Gasteiger partial charge in [0.1, 0.15) is 10.8 Å². The summed E-state index contributed by atoms with van der Waals surface area (Å²) in [5.41, 5.74) is 4.37. The minimum atomic E-state index is -0.114. The Balaban J connectivity index is 2.02. The molecule has 0 unspecified atom stereocenters. The Hall–Kier alpha value is -1.85. The summed E-state index contributed by atoms with van der Waals surface area (Å²) in [6.07, 6.45) is 0. The standard InChI is InChI=1S/C23H28N2OS2/c1-22(2,3)17-12-16(26)13-18(23(4,5)6)19(17)20-24-25-21(28-20)27-14-15-10-8-7-9-11-15/h7-13,26H,14H2,1-6H3. The highest BCUT2D eigenvalue weighted by molar-refractivity contribution is 8.00. The Labute approximate surface area is 176 Å². The van der Waals surface area contributed by atoms with Crippen LogP contribution in [0.25, 0.3) is 10.6 Å². The number of aromatic hydroxyl groups is 1. The van der Waals surface area contributed by atoms with E-state index in [4.69, 9.17) is 0 Å². The summed E-state index contributed by atoms with van der Waals surface area (Å²) in [6.45, 7) is 13.0.